The smallest absolute Gasteiger partial charge is 0.253 e. The van der Waals surface area contributed by atoms with Gasteiger partial charge in [-0.3, -0.25) is 4.79 Å². The van der Waals surface area contributed by atoms with Crippen LogP contribution >= 0.6 is 11.8 Å². The van der Waals surface area contributed by atoms with Crippen molar-refractivity contribution in [3.05, 3.63) is 65.7 Å². The van der Waals surface area contributed by atoms with Crippen molar-refractivity contribution in [2.24, 2.45) is 0 Å². The zero-order valence-electron chi connectivity index (χ0n) is 14.5. The summed E-state index contributed by atoms with van der Waals surface area (Å²) in [5, 5.41) is 0. The first kappa shape index (κ1) is 18.9. The van der Waals surface area contributed by atoms with Gasteiger partial charge in [0.1, 0.15) is 11.6 Å². The average molecular weight is 376 g/mol. The summed E-state index contributed by atoms with van der Waals surface area (Å²) in [7, 11) is 0. The van der Waals surface area contributed by atoms with Gasteiger partial charge in [-0.25, -0.2) is 8.78 Å². The van der Waals surface area contributed by atoms with E-state index in [0.29, 0.717) is 23.5 Å². The first-order chi connectivity index (χ1) is 12.6. The number of nitrogens with zero attached hydrogens (tertiary/aromatic N) is 2. The van der Waals surface area contributed by atoms with Crippen LogP contribution in [0.1, 0.15) is 16.8 Å². The molecule has 1 aliphatic rings. The molecule has 26 heavy (non-hydrogen) atoms. The summed E-state index contributed by atoms with van der Waals surface area (Å²) in [4.78, 5) is 17.4. The number of amides is 1. The second kappa shape index (κ2) is 9.14. The van der Waals surface area contributed by atoms with Gasteiger partial charge in [0, 0.05) is 42.4 Å². The highest BCUT2D eigenvalue weighted by Gasteiger charge is 2.20. The minimum Gasteiger partial charge on any atom is -0.337 e. The molecule has 1 saturated heterocycles. The van der Waals surface area contributed by atoms with E-state index < -0.39 is 0 Å². The van der Waals surface area contributed by atoms with Crippen molar-refractivity contribution in [3.8, 4) is 0 Å². The Hall–Kier alpha value is -1.92. The van der Waals surface area contributed by atoms with Crippen molar-refractivity contribution in [2.45, 2.75) is 11.3 Å². The van der Waals surface area contributed by atoms with Crippen LogP contribution in [0.3, 0.4) is 0 Å². The minimum atomic E-state index is -0.337. The van der Waals surface area contributed by atoms with Crippen LogP contribution in [0.5, 0.6) is 0 Å². The Bertz CT molecular complexity index is 739. The molecule has 0 atom stereocenters. The lowest BCUT2D eigenvalue weighted by atomic mass is 10.2. The molecule has 3 nitrogen and oxygen atoms in total. The quantitative estimate of drug-likeness (QED) is 0.740. The molecule has 0 spiro atoms. The lowest BCUT2D eigenvalue weighted by Gasteiger charge is -2.22. The Balaban J connectivity index is 1.48. The molecule has 0 aliphatic carbocycles. The molecule has 0 N–H and O–H groups in total. The van der Waals surface area contributed by atoms with E-state index in [-0.39, 0.29) is 17.5 Å². The monoisotopic (exact) mass is 376 g/mol. The van der Waals surface area contributed by atoms with E-state index in [0.717, 1.165) is 31.8 Å². The summed E-state index contributed by atoms with van der Waals surface area (Å²) in [5.74, 6) is 0.250. The van der Waals surface area contributed by atoms with E-state index in [9.17, 15) is 13.6 Å². The summed E-state index contributed by atoms with van der Waals surface area (Å²) >= 11 is 1.52. The van der Waals surface area contributed by atoms with Crippen molar-refractivity contribution >= 4 is 17.7 Å². The van der Waals surface area contributed by atoms with Gasteiger partial charge in [-0.15, -0.1) is 11.8 Å². The lowest BCUT2D eigenvalue weighted by molar-refractivity contribution is 0.0762. The van der Waals surface area contributed by atoms with Crippen molar-refractivity contribution in [1.82, 2.24) is 9.80 Å². The molecule has 0 radical (unpaired) electrons. The van der Waals surface area contributed by atoms with Gasteiger partial charge in [-0.05, 0) is 49.4 Å². The van der Waals surface area contributed by atoms with Crippen LogP contribution in [-0.2, 0) is 0 Å². The molecular weight excluding hydrogens is 354 g/mol. The summed E-state index contributed by atoms with van der Waals surface area (Å²) in [6.07, 6.45) is 0.900. The van der Waals surface area contributed by atoms with E-state index >= 15 is 0 Å². The van der Waals surface area contributed by atoms with Crippen LogP contribution in [0.4, 0.5) is 8.78 Å². The molecule has 1 aliphatic heterocycles. The molecule has 0 aromatic heterocycles. The molecule has 2 aromatic rings. The normalized spacial score (nSPS) is 15.7. The van der Waals surface area contributed by atoms with Crippen LogP contribution in [0.25, 0.3) is 0 Å². The van der Waals surface area contributed by atoms with Gasteiger partial charge in [0.25, 0.3) is 5.91 Å². The van der Waals surface area contributed by atoms with E-state index in [1.165, 1.54) is 42.1 Å². The van der Waals surface area contributed by atoms with Gasteiger partial charge in [-0.1, -0.05) is 12.1 Å². The predicted octanol–water partition coefficient (Wildman–Crippen LogP) is 3.91. The van der Waals surface area contributed by atoms with Crippen LogP contribution in [0, 0.1) is 11.6 Å². The second-order valence-electron chi connectivity index (χ2n) is 6.27. The number of carbonyl (C=O) groups is 1. The summed E-state index contributed by atoms with van der Waals surface area (Å²) in [6.45, 7) is 3.93. The number of rotatable bonds is 5. The number of hydrogen-bond acceptors (Lipinski definition) is 3. The van der Waals surface area contributed by atoms with Crippen molar-refractivity contribution in [1.29, 1.82) is 0 Å². The highest BCUT2D eigenvalue weighted by Crippen LogP contribution is 2.21. The number of thioether (sulfide) groups is 1. The zero-order valence-corrected chi connectivity index (χ0v) is 15.4. The first-order valence-electron chi connectivity index (χ1n) is 8.78. The van der Waals surface area contributed by atoms with Crippen LogP contribution in [0.2, 0.25) is 0 Å². The van der Waals surface area contributed by atoms with Gasteiger partial charge in [0.15, 0.2) is 0 Å². The van der Waals surface area contributed by atoms with Gasteiger partial charge in [0.05, 0.1) is 0 Å². The summed E-state index contributed by atoms with van der Waals surface area (Å²) in [5.41, 5.74) is 0.523. The molecule has 2 aromatic carbocycles. The Kier molecular flexibility index (Phi) is 6.63. The second-order valence-corrected chi connectivity index (χ2v) is 7.41. The molecule has 1 amide bonds. The molecule has 0 saturated carbocycles. The topological polar surface area (TPSA) is 23.6 Å². The Morgan fingerprint density at radius 1 is 0.962 bits per heavy atom. The fourth-order valence-electron chi connectivity index (χ4n) is 3.02. The first-order valence-corrected chi connectivity index (χ1v) is 9.76. The van der Waals surface area contributed by atoms with Crippen LogP contribution < -0.4 is 0 Å². The fraction of sp³-hybridized carbons (Fsp3) is 0.350. The van der Waals surface area contributed by atoms with Crippen LogP contribution in [0.15, 0.2) is 53.4 Å². The van der Waals surface area contributed by atoms with Gasteiger partial charge >= 0.3 is 0 Å². The maximum atomic E-state index is 13.6. The van der Waals surface area contributed by atoms with E-state index in [1.807, 2.05) is 11.0 Å². The number of hydrogen-bond donors (Lipinski definition) is 0. The highest BCUT2D eigenvalue weighted by atomic mass is 32.2. The zero-order chi connectivity index (χ0) is 18.4. The Labute approximate surface area is 157 Å². The molecule has 0 bridgehead atoms. The molecule has 3 rings (SSSR count). The standard InChI is InChI=1S/C20H22F2N2OS/c21-17-8-6-16(7-9-17)20(25)24-11-3-10-23(12-13-24)14-15-26-19-5-2-1-4-18(19)22/h1-2,4-9H,3,10-15H2. The average Bonchev–Trinajstić information content (AvgIpc) is 2.89. The predicted molar refractivity (Wildman–Crippen MR) is 100 cm³/mol. The third-order valence-electron chi connectivity index (χ3n) is 4.47. The maximum Gasteiger partial charge on any atom is 0.253 e. The Morgan fingerprint density at radius 3 is 2.50 bits per heavy atom. The fourth-order valence-corrected chi connectivity index (χ4v) is 3.97. The molecule has 1 heterocycles. The molecule has 0 unspecified atom stereocenters. The number of carbonyl (C=O) groups excluding carboxylic acids is 1. The van der Waals surface area contributed by atoms with Gasteiger partial charge in [0.2, 0.25) is 0 Å². The number of halogens is 2. The Morgan fingerprint density at radius 2 is 1.73 bits per heavy atom. The van der Waals surface area contributed by atoms with E-state index in [2.05, 4.69) is 4.90 Å². The van der Waals surface area contributed by atoms with E-state index in [1.54, 1.807) is 12.1 Å². The maximum absolute atomic E-state index is 13.6. The van der Waals surface area contributed by atoms with Gasteiger partial charge < -0.3 is 9.80 Å². The molecule has 6 heteroatoms. The SMILES string of the molecule is O=C(c1ccc(F)cc1)N1CCCN(CCSc2ccccc2F)CC1. The number of benzene rings is 2. The summed E-state index contributed by atoms with van der Waals surface area (Å²) in [6, 6.07) is 12.5. The summed E-state index contributed by atoms with van der Waals surface area (Å²) < 4.78 is 26.7. The van der Waals surface area contributed by atoms with Gasteiger partial charge in [-0.2, -0.15) is 0 Å². The molecular formula is C20H22F2N2OS. The van der Waals surface area contributed by atoms with Crippen LogP contribution in [-0.4, -0.2) is 54.2 Å². The van der Waals surface area contributed by atoms with Crippen molar-refractivity contribution in [3.63, 3.8) is 0 Å². The minimum absolute atomic E-state index is 0.0485. The largest absolute Gasteiger partial charge is 0.337 e. The molecule has 138 valence electrons. The highest BCUT2D eigenvalue weighted by molar-refractivity contribution is 7.99. The van der Waals surface area contributed by atoms with Crippen molar-refractivity contribution < 1.29 is 13.6 Å². The van der Waals surface area contributed by atoms with E-state index in [4.69, 9.17) is 0 Å². The van der Waals surface area contributed by atoms with Crippen molar-refractivity contribution in [2.75, 3.05) is 38.5 Å². The third-order valence-corrected chi connectivity index (χ3v) is 5.50. The third kappa shape index (κ3) is 5.05. The molecule has 1 fully saturated rings. The lowest BCUT2D eigenvalue weighted by Crippen LogP contribution is -2.35.